The molecule has 3 rings (SSSR count). The van der Waals surface area contributed by atoms with Gasteiger partial charge in [0, 0.05) is 18.6 Å². The Morgan fingerprint density at radius 2 is 2.17 bits per heavy atom. The third-order valence-electron chi connectivity index (χ3n) is 4.25. The summed E-state index contributed by atoms with van der Waals surface area (Å²) in [4.78, 5) is 2.63. The van der Waals surface area contributed by atoms with Crippen LogP contribution in [0.3, 0.4) is 0 Å². The second-order valence-electron chi connectivity index (χ2n) is 5.90. The lowest BCUT2D eigenvalue weighted by Crippen LogP contribution is -2.42. The van der Waals surface area contributed by atoms with Gasteiger partial charge in [0.1, 0.15) is 5.76 Å². The zero-order chi connectivity index (χ0) is 12.5. The van der Waals surface area contributed by atoms with E-state index in [1.165, 1.54) is 32.2 Å². The largest absolute Gasteiger partial charge is 0.468 e. The van der Waals surface area contributed by atoms with Gasteiger partial charge in [-0.25, -0.2) is 0 Å². The van der Waals surface area contributed by atoms with E-state index in [0.29, 0.717) is 0 Å². The Labute approximate surface area is 109 Å². The Kier molecular flexibility index (Phi) is 3.44. The highest BCUT2D eigenvalue weighted by Crippen LogP contribution is 2.40. The smallest absolute Gasteiger partial charge is 0.122 e. The minimum Gasteiger partial charge on any atom is -0.468 e. The summed E-state index contributed by atoms with van der Waals surface area (Å²) >= 11 is 0. The van der Waals surface area contributed by atoms with Crippen molar-refractivity contribution in [1.82, 2.24) is 4.90 Å². The highest BCUT2D eigenvalue weighted by atomic mass is 16.3. The first-order chi connectivity index (χ1) is 8.79. The van der Waals surface area contributed by atoms with Crippen molar-refractivity contribution in [1.29, 1.82) is 0 Å². The monoisotopic (exact) mass is 248 g/mol. The second kappa shape index (κ2) is 5.06. The average molecular weight is 248 g/mol. The number of hydrogen-bond donors (Lipinski definition) is 1. The molecule has 0 radical (unpaired) electrons. The van der Waals surface area contributed by atoms with Crippen molar-refractivity contribution >= 4 is 0 Å². The summed E-state index contributed by atoms with van der Waals surface area (Å²) in [5, 5.41) is 0. The second-order valence-corrected chi connectivity index (χ2v) is 5.90. The molecule has 0 aliphatic heterocycles. The fourth-order valence-electron chi connectivity index (χ4n) is 2.80. The predicted octanol–water partition coefficient (Wildman–Crippen LogP) is 2.93. The van der Waals surface area contributed by atoms with Gasteiger partial charge in [0.25, 0.3) is 0 Å². The van der Waals surface area contributed by atoms with E-state index in [1.54, 1.807) is 6.26 Å². The van der Waals surface area contributed by atoms with Crippen LogP contribution in [0.4, 0.5) is 0 Å². The first-order valence-electron chi connectivity index (χ1n) is 7.34. The molecule has 0 aromatic carbocycles. The number of rotatable bonds is 7. The molecule has 2 aliphatic carbocycles. The summed E-state index contributed by atoms with van der Waals surface area (Å²) in [5.41, 5.74) is 6.37. The van der Waals surface area contributed by atoms with Crippen molar-refractivity contribution in [3.05, 3.63) is 24.2 Å². The molecule has 0 bridgehead atoms. The molecule has 2 saturated carbocycles. The van der Waals surface area contributed by atoms with Gasteiger partial charge in [-0.3, -0.25) is 4.90 Å². The predicted molar refractivity (Wildman–Crippen MR) is 72.2 cm³/mol. The van der Waals surface area contributed by atoms with Gasteiger partial charge < -0.3 is 10.2 Å². The molecular formula is C15H24N2O. The molecule has 2 fully saturated rings. The molecule has 2 atom stereocenters. The lowest BCUT2D eigenvalue weighted by Gasteiger charge is -2.34. The van der Waals surface area contributed by atoms with E-state index in [1.807, 2.05) is 6.07 Å². The van der Waals surface area contributed by atoms with Gasteiger partial charge in [0.05, 0.1) is 12.3 Å². The lowest BCUT2D eigenvalue weighted by molar-refractivity contribution is 0.133. The van der Waals surface area contributed by atoms with Crippen molar-refractivity contribution in [2.75, 3.05) is 6.54 Å². The third kappa shape index (κ3) is 2.62. The summed E-state index contributed by atoms with van der Waals surface area (Å²) in [6.45, 7) is 3.38. The van der Waals surface area contributed by atoms with Crippen LogP contribution < -0.4 is 5.73 Å². The van der Waals surface area contributed by atoms with E-state index in [0.717, 1.165) is 24.1 Å². The van der Waals surface area contributed by atoms with E-state index in [2.05, 4.69) is 17.9 Å². The lowest BCUT2D eigenvalue weighted by atomic mass is 10.0. The van der Waals surface area contributed by atoms with Crippen molar-refractivity contribution in [2.24, 2.45) is 11.7 Å². The molecule has 3 nitrogen and oxygen atoms in total. The molecule has 18 heavy (non-hydrogen) atoms. The Bertz CT molecular complexity index is 368. The van der Waals surface area contributed by atoms with Crippen LogP contribution in [0.5, 0.6) is 0 Å². The van der Waals surface area contributed by atoms with Crippen LogP contribution in [0.25, 0.3) is 0 Å². The molecule has 2 aliphatic rings. The van der Waals surface area contributed by atoms with Crippen molar-refractivity contribution < 1.29 is 4.42 Å². The van der Waals surface area contributed by atoms with Crippen LogP contribution in [-0.2, 0) is 0 Å². The van der Waals surface area contributed by atoms with Crippen LogP contribution >= 0.6 is 0 Å². The molecule has 2 unspecified atom stereocenters. The Balaban J connectivity index is 1.80. The Hall–Kier alpha value is -0.800. The van der Waals surface area contributed by atoms with Crippen LogP contribution in [0.2, 0.25) is 0 Å². The van der Waals surface area contributed by atoms with E-state index in [4.69, 9.17) is 10.2 Å². The van der Waals surface area contributed by atoms with E-state index in [9.17, 15) is 0 Å². The van der Waals surface area contributed by atoms with Crippen molar-refractivity contribution in [3.8, 4) is 0 Å². The van der Waals surface area contributed by atoms with E-state index < -0.39 is 0 Å². The highest BCUT2D eigenvalue weighted by molar-refractivity contribution is 5.10. The molecule has 0 saturated heterocycles. The number of hydrogen-bond acceptors (Lipinski definition) is 3. The number of nitrogens with zero attached hydrogens (tertiary/aromatic N) is 1. The summed E-state index contributed by atoms with van der Waals surface area (Å²) in [6, 6.07) is 5.27. The van der Waals surface area contributed by atoms with Crippen LogP contribution in [0.1, 0.15) is 50.8 Å². The minimum absolute atomic E-state index is 0.176. The molecule has 1 heterocycles. The van der Waals surface area contributed by atoms with Gasteiger partial charge in [0.15, 0.2) is 0 Å². The molecule has 1 aromatic rings. The number of furan rings is 1. The van der Waals surface area contributed by atoms with Gasteiger partial charge >= 0.3 is 0 Å². The fraction of sp³-hybridized carbons (Fsp3) is 0.733. The SMILES string of the molecule is CCC(N)C(c1ccco1)N(CC1CC1)C1CC1. The van der Waals surface area contributed by atoms with Gasteiger partial charge in [0.2, 0.25) is 0 Å². The first-order valence-corrected chi connectivity index (χ1v) is 7.34. The quantitative estimate of drug-likeness (QED) is 0.806. The maximum Gasteiger partial charge on any atom is 0.122 e. The minimum atomic E-state index is 0.176. The zero-order valence-corrected chi connectivity index (χ0v) is 11.2. The Morgan fingerprint density at radius 3 is 2.67 bits per heavy atom. The molecule has 0 amide bonds. The maximum atomic E-state index is 6.37. The standard InChI is InChI=1S/C15H24N2O/c1-2-13(16)15(14-4-3-9-18-14)17(12-7-8-12)10-11-5-6-11/h3-4,9,11-13,15H,2,5-8,10,16H2,1H3. The third-order valence-corrected chi connectivity index (χ3v) is 4.25. The van der Waals surface area contributed by atoms with E-state index >= 15 is 0 Å². The topological polar surface area (TPSA) is 42.4 Å². The summed E-state index contributed by atoms with van der Waals surface area (Å²) in [5.74, 6) is 1.96. The molecular weight excluding hydrogens is 224 g/mol. The fourth-order valence-corrected chi connectivity index (χ4v) is 2.80. The molecule has 2 N–H and O–H groups in total. The Morgan fingerprint density at radius 1 is 1.39 bits per heavy atom. The highest BCUT2D eigenvalue weighted by Gasteiger charge is 2.40. The van der Waals surface area contributed by atoms with E-state index in [-0.39, 0.29) is 12.1 Å². The normalized spacial score (nSPS) is 23.3. The molecule has 3 heteroatoms. The molecule has 100 valence electrons. The van der Waals surface area contributed by atoms with Crippen molar-refractivity contribution in [3.63, 3.8) is 0 Å². The van der Waals surface area contributed by atoms with Gasteiger partial charge in [-0.1, -0.05) is 6.92 Å². The summed E-state index contributed by atoms with van der Waals surface area (Å²) < 4.78 is 5.66. The van der Waals surface area contributed by atoms with Crippen LogP contribution in [0.15, 0.2) is 22.8 Å². The molecule has 1 aromatic heterocycles. The first kappa shape index (κ1) is 12.2. The van der Waals surface area contributed by atoms with Crippen LogP contribution in [0, 0.1) is 5.92 Å². The van der Waals surface area contributed by atoms with Crippen LogP contribution in [-0.4, -0.2) is 23.5 Å². The van der Waals surface area contributed by atoms with Gasteiger partial charge in [-0.2, -0.15) is 0 Å². The maximum absolute atomic E-state index is 6.37. The zero-order valence-electron chi connectivity index (χ0n) is 11.2. The average Bonchev–Trinajstić information content (AvgIpc) is 3.29. The summed E-state index contributed by atoms with van der Waals surface area (Å²) in [7, 11) is 0. The molecule has 0 spiro atoms. The summed E-state index contributed by atoms with van der Waals surface area (Å²) in [6.07, 6.45) is 8.23. The van der Waals surface area contributed by atoms with Crippen molar-refractivity contribution in [2.45, 2.75) is 57.2 Å². The van der Waals surface area contributed by atoms with Gasteiger partial charge in [-0.15, -0.1) is 0 Å². The number of nitrogens with two attached hydrogens (primary N) is 1. The van der Waals surface area contributed by atoms with Gasteiger partial charge in [-0.05, 0) is 50.2 Å².